The maximum atomic E-state index is 4.20. The maximum Gasteiger partial charge on any atom is 0.176 e. The summed E-state index contributed by atoms with van der Waals surface area (Å²) in [6.45, 7) is 7.57. The summed E-state index contributed by atoms with van der Waals surface area (Å²) in [7, 11) is 1.79. The van der Waals surface area contributed by atoms with E-state index in [1.165, 1.54) is 4.80 Å². The minimum absolute atomic E-state index is 0.448. The molecule has 0 spiro atoms. The third-order valence-corrected chi connectivity index (χ3v) is 2.75. The van der Waals surface area contributed by atoms with Gasteiger partial charge in [0.1, 0.15) is 0 Å². The Labute approximate surface area is 91.2 Å². The van der Waals surface area contributed by atoms with Crippen LogP contribution in [0.1, 0.15) is 33.0 Å². The smallest absolute Gasteiger partial charge is 0.176 e. The van der Waals surface area contributed by atoms with Crippen molar-refractivity contribution in [2.45, 2.75) is 39.7 Å². The second-order valence-corrected chi connectivity index (χ2v) is 3.95. The molecule has 0 fully saturated rings. The van der Waals surface area contributed by atoms with Crippen molar-refractivity contribution >= 4 is 0 Å². The molecule has 0 saturated heterocycles. The first-order chi connectivity index (χ1) is 7.17. The predicted molar refractivity (Wildman–Crippen MR) is 59.4 cm³/mol. The predicted octanol–water partition coefficient (Wildman–Crippen LogP) is 0.777. The Kier molecular flexibility index (Phi) is 4.68. The number of nitrogens with one attached hydrogen (secondary N) is 1. The molecule has 2 unspecified atom stereocenters. The van der Waals surface area contributed by atoms with Crippen molar-refractivity contribution in [2.75, 3.05) is 6.54 Å². The quantitative estimate of drug-likeness (QED) is 0.755. The normalized spacial score (nSPS) is 15.2. The fourth-order valence-corrected chi connectivity index (χ4v) is 1.62. The van der Waals surface area contributed by atoms with Gasteiger partial charge in [-0.15, -0.1) is 10.2 Å². The van der Waals surface area contributed by atoms with E-state index in [4.69, 9.17) is 0 Å². The van der Waals surface area contributed by atoms with Crippen molar-refractivity contribution in [1.29, 1.82) is 0 Å². The molecule has 1 N–H and O–H groups in total. The fourth-order valence-electron chi connectivity index (χ4n) is 1.62. The molecule has 0 aliphatic carbocycles. The molecule has 0 aromatic carbocycles. The summed E-state index contributed by atoms with van der Waals surface area (Å²) in [4.78, 5) is 1.51. The summed E-state index contributed by atoms with van der Waals surface area (Å²) in [5, 5.41) is 15.5. The Morgan fingerprint density at radius 2 is 2.13 bits per heavy atom. The first-order valence-corrected chi connectivity index (χ1v) is 5.63. The van der Waals surface area contributed by atoms with Crippen LogP contribution >= 0.6 is 0 Å². The lowest BCUT2D eigenvalue weighted by molar-refractivity contribution is 0.365. The van der Waals surface area contributed by atoms with Gasteiger partial charge < -0.3 is 5.32 Å². The molecule has 0 radical (unpaired) electrons. The number of aryl methyl sites for hydroxylation is 1. The molecular weight excluding hydrogens is 190 g/mol. The Bertz CT molecular complexity index is 283. The van der Waals surface area contributed by atoms with Crippen LogP contribution in [0.15, 0.2) is 0 Å². The highest BCUT2D eigenvalue weighted by Crippen LogP contribution is 2.10. The lowest BCUT2D eigenvalue weighted by Crippen LogP contribution is -2.36. The van der Waals surface area contributed by atoms with E-state index < -0.39 is 0 Å². The molecule has 2 atom stereocenters. The monoisotopic (exact) mass is 211 g/mol. The summed E-state index contributed by atoms with van der Waals surface area (Å²) in [5.74, 6) is 1.46. The van der Waals surface area contributed by atoms with Crippen LogP contribution in [0.2, 0.25) is 0 Å². The molecule has 5 heteroatoms. The van der Waals surface area contributed by atoms with Gasteiger partial charge in [0.15, 0.2) is 5.82 Å². The molecule has 86 valence electrons. The van der Waals surface area contributed by atoms with Crippen LogP contribution in [-0.2, 0) is 13.5 Å². The molecule has 0 saturated carbocycles. The van der Waals surface area contributed by atoms with E-state index in [-0.39, 0.29) is 0 Å². The minimum atomic E-state index is 0.448. The molecule has 0 aliphatic heterocycles. The lowest BCUT2D eigenvalue weighted by Gasteiger charge is -2.22. The van der Waals surface area contributed by atoms with Crippen LogP contribution in [0.3, 0.4) is 0 Å². The standard InChI is InChI=1S/C10H21N5/c1-5-8(3)9(11-6-2)7-10-12-14-15(4)13-10/h8-9,11H,5-7H2,1-4H3. The van der Waals surface area contributed by atoms with E-state index in [1.807, 2.05) is 0 Å². The zero-order valence-corrected chi connectivity index (χ0v) is 10.1. The number of hydrogen-bond donors (Lipinski definition) is 1. The zero-order chi connectivity index (χ0) is 11.3. The number of nitrogens with zero attached hydrogens (tertiary/aromatic N) is 4. The first kappa shape index (κ1) is 12.1. The summed E-state index contributed by atoms with van der Waals surface area (Å²) in [5.41, 5.74) is 0. The Morgan fingerprint density at radius 1 is 1.40 bits per heavy atom. The highest BCUT2D eigenvalue weighted by molar-refractivity contribution is 4.86. The lowest BCUT2D eigenvalue weighted by atomic mass is 9.96. The van der Waals surface area contributed by atoms with Crippen molar-refractivity contribution in [3.05, 3.63) is 5.82 Å². The van der Waals surface area contributed by atoms with E-state index in [0.29, 0.717) is 12.0 Å². The van der Waals surface area contributed by atoms with Crippen molar-refractivity contribution < 1.29 is 0 Å². The zero-order valence-electron chi connectivity index (χ0n) is 10.1. The van der Waals surface area contributed by atoms with E-state index >= 15 is 0 Å². The van der Waals surface area contributed by atoms with Gasteiger partial charge >= 0.3 is 0 Å². The number of likely N-dealkylation sites (N-methyl/N-ethyl adjacent to an activating group) is 1. The van der Waals surface area contributed by atoms with Crippen molar-refractivity contribution in [3.8, 4) is 0 Å². The summed E-state index contributed by atoms with van der Waals surface area (Å²) >= 11 is 0. The maximum absolute atomic E-state index is 4.20. The molecule has 1 rings (SSSR count). The van der Waals surface area contributed by atoms with Crippen LogP contribution in [0.5, 0.6) is 0 Å². The summed E-state index contributed by atoms with van der Waals surface area (Å²) < 4.78 is 0. The molecule has 1 aromatic rings. The summed E-state index contributed by atoms with van der Waals surface area (Å²) in [6, 6.07) is 0.448. The topological polar surface area (TPSA) is 55.6 Å². The van der Waals surface area contributed by atoms with Gasteiger partial charge in [-0.25, -0.2) is 0 Å². The first-order valence-electron chi connectivity index (χ1n) is 5.63. The average Bonchev–Trinajstić information content (AvgIpc) is 2.62. The molecule has 1 aromatic heterocycles. The molecule has 1 heterocycles. The van der Waals surface area contributed by atoms with Gasteiger partial charge in [-0.2, -0.15) is 4.80 Å². The summed E-state index contributed by atoms with van der Waals surface area (Å²) in [6.07, 6.45) is 2.02. The van der Waals surface area contributed by atoms with Crippen LogP contribution in [0.25, 0.3) is 0 Å². The Hall–Kier alpha value is -0.970. The number of hydrogen-bond acceptors (Lipinski definition) is 4. The van der Waals surface area contributed by atoms with Crippen molar-refractivity contribution in [2.24, 2.45) is 13.0 Å². The van der Waals surface area contributed by atoms with Crippen molar-refractivity contribution in [1.82, 2.24) is 25.5 Å². The Balaban J connectivity index is 2.57. The average molecular weight is 211 g/mol. The highest BCUT2D eigenvalue weighted by Gasteiger charge is 2.17. The van der Waals surface area contributed by atoms with E-state index in [9.17, 15) is 0 Å². The van der Waals surface area contributed by atoms with Gasteiger partial charge in [0, 0.05) is 12.5 Å². The third kappa shape index (κ3) is 3.58. The molecular formula is C10H21N5. The number of rotatable bonds is 6. The number of aromatic nitrogens is 4. The van der Waals surface area contributed by atoms with Gasteiger partial charge in [0.05, 0.1) is 7.05 Å². The van der Waals surface area contributed by atoms with E-state index in [1.54, 1.807) is 7.05 Å². The second kappa shape index (κ2) is 5.80. The van der Waals surface area contributed by atoms with Crippen LogP contribution < -0.4 is 5.32 Å². The van der Waals surface area contributed by atoms with Gasteiger partial charge in [-0.05, 0) is 17.7 Å². The van der Waals surface area contributed by atoms with Crippen LogP contribution in [-0.4, -0.2) is 32.8 Å². The fraction of sp³-hybridized carbons (Fsp3) is 0.900. The van der Waals surface area contributed by atoms with Crippen LogP contribution in [0, 0.1) is 5.92 Å². The van der Waals surface area contributed by atoms with E-state index in [2.05, 4.69) is 41.5 Å². The molecule has 0 aliphatic rings. The second-order valence-electron chi connectivity index (χ2n) is 3.95. The molecule has 0 bridgehead atoms. The molecule has 5 nitrogen and oxygen atoms in total. The van der Waals surface area contributed by atoms with Gasteiger partial charge in [-0.3, -0.25) is 0 Å². The number of tetrazole rings is 1. The molecule has 15 heavy (non-hydrogen) atoms. The van der Waals surface area contributed by atoms with Gasteiger partial charge in [0.2, 0.25) is 0 Å². The van der Waals surface area contributed by atoms with Crippen LogP contribution in [0.4, 0.5) is 0 Å². The van der Waals surface area contributed by atoms with Crippen molar-refractivity contribution in [3.63, 3.8) is 0 Å². The van der Waals surface area contributed by atoms with Gasteiger partial charge in [0.25, 0.3) is 0 Å². The molecule has 0 amide bonds. The van der Waals surface area contributed by atoms with Gasteiger partial charge in [-0.1, -0.05) is 27.2 Å². The Morgan fingerprint density at radius 3 is 2.60 bits per heavy atom. The third-order valence-electron chi connectivity index (χ3n) is 2.75. The highest BCUT2D eigenvalue weighted by atomic mass is 15.6. The minimum Gasteiger partial charge on any atom is -0.314 e. The van der Waals surface area contributed by atoms with E-state index in [0.717, 1.165) is 25.2 Å². The largest absolute Gasteiger partial charge is 0.314 e. The SMILES string of the molecule is CCNC(Cc1nnn(C)n1)C(C)CC.